The van der Waals surface area contributed by atoms with Gasteiger partial charge in [-0.05, 0) is 35.9 Å². The molecule has 0 aliphatic heterocycles. The fraction of sp³-hybridized carbons (Fsp3) is 0.148. The van der Waals surface area contributed by atoms with Crippen LogP contribution in [-0.2, 0) is 6.42 Å². The Morgan fingerprint density at radius 2 is 1.71 bits per heavy atom. The third kappa shape index (κ3) is 5.66. The van der Waals surface area contributed by atoms with E-state index in [2.05, 4.69) is 20.9 Å². The largest absolute Gasteiger partial charge is 0.493 e. The van der Waals surface area contributed by atoms with Crippen LogP contribution in [0.3, 0.4) is 0 Å². The van der Waals surface area contributed by atoms with Crippen LogP contribution >= 0.6 is 28.1 Å². The van der Waals surface area contributed by atoms with Gasteiger partial charge in [-0.25, -0.2) is 4.39 Å². The predicted octanol–water partition coefficient (Wildman–Crippen LogP) is 7.13. The van der Waals surface area contributed by atoms with Gasteiger partial charge >= 0.3 is 0 Å². The van der Waals surface area contributed by atoms with Crippen LogP contribution in [-0.4, -0.2) is 29.9 Å². The predicted molar refractivity (Wildman–Crippen MR) is 141 cm³/mol. The van der Waals surface area contributed by atoms with Gasteiger partial charge in [-0.15, -0.1) is 0 Å². The van der Waals surface area contributed by atoms with Crippen molar-refractivity contribution in [2.75, 3.05) is 14.2 Å². The van der Waals surface area contributed by atoms with Crippen LogP contribution in [0.5, 0.6) is 23.0 Å². The highest BCUT2D eigenvalue weighted by Gasteiger charge is 2.15. The van der Waals surface area contributed by atoms with Crippen molar-refractivity contribution < 1.29 is 23.4 Å². The third-order valence-electron chi connectivity index (χ3n) is 5.36. The van der Waals surface area contributed by atoms with Gasteiger partial charge in [0.2, 0.25) is 0 Å². The number of rotatable bonds is 9. The molecule has 178 valence electrons. The van der Waals surface area contributed by atoms with E-state index in [0.29, 0.717) is 50.6 Å². The van der Waals surface area contributed by atoms with Gasteiger partial charge in [0.15, 0.2) is 28.8 Å². The number of thiocarbonyl (C=S) groups is 1. The maximum Gasteiger partial charge on any atom is 0.168 e. The maximum absolute atomic E-state index is 14.9. The lowest BCUT2D eigenvalue weighted by atomic mass is 10.0. The smallest absolute Gasteiger partial charge is 0.168 e. The molecule has 1 aromatic heterocycles. The Hall–Kier alpha value is -3.36. The summed E-state index contributed by atoms with van der Waals surface area (Å²) >= 11 is 8.80. The van der Waals surface area contributed by atoms with Crippen molar-refractivity contribution in [1.82, 2.24) is 4.98 Å². The molecule has 3 aromatic carbocycles. The minimum absolute atomic E-state index is 0.0613. The van der Waals surface area contributed by atoms with Crippen LogP contribution in [0.2, 0.25) is 0 Å². The van der Waals surface area contributed by atoms with E-state index in [-0.39, 0.29) is 18.0 Å². The number of Topliss-reactive ketones (excluding diaryl/α,β-unsaturated/α-hetero) is 1. The Morgan fingerprint density at radius 1 is 0.971 bits per heavy atom. The van der Waals surface area contributed by atoms with Crippen LogP contribution < -0.4 is 14.2 Å². The average molecular weight is 554 g/mol. The van der Waals surface area contributed by atoms with Crippen LogP contribution in [0.25, 0.3) is 10.9 Å². The summed E-state index contributed by atoms with van der Waals surface area (Å²) in [5.41, 5.74) is 1.85. The first-order valence-corrected chi connectivity index (χ1v) is 11.9. The van der Waals surface area contributed by atoms with Crippen molar-refractivity contribution in [2.45, 2.75) is 12.8 Å². The number of ether oxygens (including phenoxy) is 3. The summed E-state index contributed by atoms with van der Waals surface area (Å²) < 4.78 is 32.2. The topological polar surface area (TPSA) is 57.7 Å². The summed E-state index contributed by atoms with van der Waals surface area (Å²) in [5.74, 6) is 0.921. The third-order valence-corrected chi connectivity index (χ3v) is 6.34. The summed E-state index contributed by atoms with van der Waals surface area (Å²) in [7, 11) is 3.08. The zero-order valence-electron chi connectivity index (χ0n) is 19.0. The molecule has 4 rings (SSSR count). The van der Waals surface area contributed by atoms with Crippen molar-refractivity contribution in [3.05, 3.63) is 88.3 Å². The summed E-state index contributed by atoms with van der Waals surface area (Å²) in [6.45, 7) is 0. The number of pyridine rings is 1. The number of fused-ring (bicyclic) bond motifs is 1. The van der Waals surface area contributed by atoms with Gasteiger partial charge in [0.1, 0.15) is 5.75 Å². The molecule has 0 fully saturated rings. The minimum atomic E-state index is -0.534. The molecule has 0 atom stereocenters. The number of halogens is 2. The number of aromatic nitrogens is 1. The van der Waals surface area contributed by atoms with Gasteiger partial charge in [-0.1, -0.05) is 52.4 Å². The Labute approximate surface area is 216 Å². The number of carbonyl (C=O) groups is 1. The lowest BCUT2D eigenvalue weighted by Crippen LogP contribution is -2.09. The maximum atomic E-state index is 14.9. The van der Waals surface area contributed by atoms with Crippen LogP contribution in [0, 0.1) is 5.82 Å². The standard InChI is InChI=1S/C27H21BrFNO4S/c1-32-26-14-19-22(15-27(26)33-2)30-10-9-24(19)34-25-8-7-16(12-21(25)29)11-17(35)13-23(31)18-5-3-4-6-20(18)28/h3-10,12,14-15H,11,13H2,1-2H3. The molecular weight excluding hydrogens is 533 g/mol. The Bertz CT molecular complexity index is 1430. The normalized spacial score (nSPS) is 10.7. The second-order valence-corrected chi connectivity index (χ2v) is 9.13. The van der Waals surface area contributed by atoms with E-state index in [1.807, 2.05) is 12.1 Å². The fourth-order valence-corrected chi connectivity index (χ4v) is 4.45. The molecule has 0 spiro atoms. The van der Waals surface area contributed by atoms with E-state index in [4.69, 9.17) is 26.4 Å². The van der Waals surface area contributed by atoms with E-state index in [1.165, 1.54) is 13.2 Å². The Kier molecular flexibility index (Phi) is 7.73. The lowest BCUT2D eigenvalue weighted by molar-refractivity contribution is 0.1000. The van der Waals surface area contributed by atoms with Crippen molar-refractivity contribution in [2.24, 2.45) is 0 Å². The first-order chi connectivity index (χ1) is 16.9. The van der Waals surface area contributed by atoms with Crippen molar-refractivity contribution in [3.8, 4) is 23.0 Å². The molecule has 35 heavy (non-hydrogen) atoms. The SMILES string of the molecule is COc1cc2nccc(Oc3ccc(CC(=S)CC(=O)c4ccccc4Br)cc3F)c2cc1OC. The second-order valence-electron chi connectivity index (χ2n) is 7.70. The van der Waals surface area contributed by atoms with Crippen molar-refractivity contribution >= 4 is 49.7 Å². The zero-order chi connectivity index (χ0) is 24.9. The van der Waals surface area contributed by atoms with Crippen LogP contribution in [0.15, 0.2) is 71.3 Å². The molecule has 1 heterocycles. The number of ketones is 1. The molecule has 0 aliphatic rings. The summed E-state index contributed by atoms with van der Waals surface area (Å²) in [6, 6.07) is 17.0. The van der Waals surface area contributed by atoms with Gasteiger partial charge in [-0.2, -0.15) is 0 Å². The molecule has 0 N–H and O–H groups in total. The number of benzene rings is 3. The van der Waals surface area contributed by atoms with Crippen LogP contribution in [0.1, 0.15) is 22.3 Å². The summed E-state index contributed by atoms with van der Waals surface area (Å²) in [4.78, 5) is 17.4. The molecule has 4 aromatic rings. The number of methoxy groups -OCH3 is 2. The van der Waals surface area contributed by atoms with Crippen molar-refractivity contribution in [3.63, 3.8) is 0 Å². The van der Waals surface area contributed by atoms with E-state index < -0.39 is 5.82 Å². The summed E-state index contributed by atoms with van der Waals surface area (Å²) in [6.07, 6.45) is 1.99. The molecule has 0 aliphatic carbocycles. The summed E-state index contributed by atoms with van der Waals surface area (Å²) in [5, 5.41) is 0.653. The highest BCUT2D eigenvalue weighted by Crippen LogP contribution is 2.37. The molecular formula is C27H21BrFNO4S. The Balaban J connectivity index is 1.50. The number of hydrogen-bond donors (Lipinski definition) is 0. The van der Waals surface area contributed by atoms with Gasteiger partial charge < -0.3 is 14.2 Å². The minimum Gasteiger partial charge on any atom is -0.493 e. The molecule has 0 radical (unpaired) electrons. The van der Waals surface area contributed by atoms with E-state index in [1.54, 1.807) is 55.8 Å². The fourth-order valence-electron chi connectivity index (χ4n) is 3.64. The first-order valence-electron chi connectivity index (χ1n) is 10.7. The number of hydrogen-bond acceptors (Lipinski definition) is 6. The molecule has 0 amide bonds. The monoisotopic (exact) mass is 553 g/mol. The van der Waals surface area contributed by atoms with E-state index >= 15 is 0 Å². The first kappa shape index (κ1) is 24.8. The molecule has 0 saturated heterocycles. The quantitative estimate of drug-likeness (QED) is 0.162. The van der Waals surface area contributed by atoms with E-state index in [0.717, 1.165) is 4.47 Å². The van der Waals surface area contributed by atoms with Crippen molar-refractivity contribution in [1.29, 1.82) is 0 Å². The van der Waals surface area contributed by atoms with E-state index in [9.17, 15) is 9.18 Å². The molecule has 5 nitrogen and oxygen atoms in total. The zero-order valence-corrected chi connectivity index (χ0v) is 21.4. The van der Waals surface area contributed by atoms with Gasteiger partial charge in [-0.3, -0.25) is 9.78 Å². The van der Waals surface area contributed by atoms with Crippen LogP contribution in [0.4, 0.5) is 4.39 Å². The molecule has 0 unspecified atom stereocenters. The molecule has 8 heteroatoms. The number of carbonyl (C=O) groups excluding carboxylic acids is 1. The number of nitrogens with zero attached hydrogens (tertiary/aromatic N) is 1. The highest BCUT2D eigenvalue weighted by molar-refractivity contribution is 9.10. The van der Waals surface area contributed by atoms with Gasteiger partial charge in [0.05, 0.1) is 19.7 Å². The second kappa shape index (κ2) is 10.9. The molecule has 0 saturated carbocycles. The average Bonchev–Trinajstić information content (AvgIpc) is 2.85. The lowest BCUT2D eigenvalue weighted by Gasteiger charge is -2.13. The van der Waals surface area contributed by atoms with Gasteiger partial charge in [0, 0.05) is 45.4 Å². The van der Waals surface area contributed by atoms with Gasteiger partial charge in [0.25, 0.3) is 0 Å². The Morgan fingerprint density at radius 3 is 2.43 bits per heavy atom. The molecule has 0 bridgehead atoms. The highest BCUT2D eigenvalue weighted by atomic mass is 79.9.